The zero-order valence-corrected chi connectivity index (χ0v) is 12.7. The highest BCUT2D eigenvalue weighted by Gasteiger charge is 2.15. The zero-order valence-electron chi connectivity index (χ0n) is 12.7. The number of carbonyl (C=O) groups excluding carboxylic acids is 2. The minimum Gasteiger partial charge on any atom is -0.444 e. The molecule has 20 heavy (non-hydrogen) atoms. The quantitative estimate of drug-likeness (QED) is 0.616. The van der Waals surface area contributed by atoms with Crippen LogP contribution in [0.25, 0.3) is 0 Å². The fourth-order valence-corrected chi connectivity index (χ4v) is 1.37. The molecule has 6 heteroatoms. The number of nitrogens with one attached hydrogen (secondary N) is 2. The normalized spacial score (nSPS) is 13.1. The van der Waals surface area contributed by atoms with Gasteiger partial charge in [-0.25, -0.2) is 4.79 Å². The van der Waals surface area contributed by atoms with Gasteiger partial charge in [-0.3, -0.25) is 4.79 Å². The van der Waals surface area contributed by atoms with Gasteiger partial charge in [-0.15, -0.1) is 0 Å². The number of carbonyl (C=O) groups is 2. The first-order valence-electron chi connectivity index (χ1n) is 6.80. The minimum atomic E-state index is -0.573. The summed E-state index contributed by atoms with van der Waals surface area (Å²) >= 11 is 0. The summed E-state index contributed by atoms with van der Waals surface area (Å²) in [6.45, 7) is 7.85. The van der Waals surface area contributed by atoms with Crippen molar-refractivity contribution in [1.82, 2.24) is 10.6 Å². The van der Waals surface area contributed by atoms with Gasteiger partial charge in [0.2, 0.25) is 5.91 Å². The van der Waals surface area contributed by atoms with Gasteiger partial charge < -0.3 is 20.5 Å². The summed E-state index contributed by atoms with van der Waals surface area (Å²) in [6, 6.07) is 0. The molecule has 6 nitrogen and oxygen atoms in total. The molecular formula is C14H26N2O4. The Kier molecular flexibility index (Phi) is 8.63. The SMILES string of the molecule is C/C=C/C(=O)NCCC(O)CCNC(=O)OC(C)(C)C. The standard InChI is InChI=1S/C14H26N2O4/c1-5-6-12(18)15-9-7-11(17)8-10-16-13(19)20-14(2,3)4/h5-6,11,17H,7-10H2,1-4H3,(H,15,18)(H,16,19)/b6-5+. The van der Waals surface area contributed by atoms with Crippen molar-refractivity contribution in [3.63, 3.8) is 0 Å². The summed E-state index contributed by atoms with van der Waals surface area (Å²) in [6.07, 6.45) is 2.87. The number of hydrogen-bond acceptors (Lipinski definition) is 4. The van der Waals surface area contributed by atoms with Crippen molar-refractivity contribution in [2.45, 2.75) is 52.2 Å². The number of allylic oxidation sites excluding steroid dienone is 1. The molecule has 0 spiro atoms. The van der Waals surface area contributed by atoms with Gasteiger partial charge in [0.25, 0.3) is 0 Å². The van der Waals surface area contributed by atoms with Gasteiger partial charge in [0, 0.05) is 13.1 Å². The van der Waals surface area contributed by atoms with E-state index in [1.807, 2.05) is 0 Å². The van der Waals surface area contributed by atoms with Crippen molar-refractivity contribution >= 4 is 12.0 Å². The van der Waals surface area contributed by atoms with Crippen LogP contribution in [0, 0.1) is 0 Å². The monoisotopic (exact) mass is 286 g/mol. The Morgan fingerprint density at radius 2 is 1.75 bits per heavy atom. The number of aliphatic hydroxyl groups excluding tert-OH is 1. The molecule has 0 bridgehead atoms. The topological polar surface area (TPSA) is 87.7 Å². The molecule has 2 amide bonds. The lowest BCUT2D eigenvalue weighted by molar-refractivity contribution is -0.116. The predicted octanol–water partition coefficient (Wildman–Crippen LogP) is 1.34. The van der Waals surface area contributed by atoms with E-state index in [1.165, 1.54) is 6.08 Å². The molecule has 0 saturated carbocycles. The molecule has 3 N–H and O–H groups in total. The second-order valence-electron chi connectivity index (χ2n) is 5.45. The van der Waals surface area contributed by atoms with Crippen LogP contribution >= 0.6 is 0 Å². The van der Waals surface area contributed by atoms with E-state index in [2.05, 4.69) is 10.6 Å². The number of hydrogen-bond donors (Lipinski definition) is 3. The van der Waals surface area contributed by atoms with E-state index in [0.29, 0.717) is 25.9 Å². The van der Waals surface area contributed by atoms with Crippen LogP contribution in [0.3, 0.4) is 0 Å². The fraction of sp³-hybridized carbons (Fsp3) is 0.714. The second kappa shape index (κ2) is 9.36. The van der Waals surface area contributed by atoms with Gasteiger partial charge in [0.05, 0.1) is 6.10 Å². The molecule has 0 radical (unpaired) electrons. The third-order valence-electron chi connectivity index (χ3n) is 2.24. The molecule has 0 aromatic heterocycles. The van der Waals surface area contributed by atoms with E-state index in [0.717, 1.165) is 0 Å². The summed E-state index contributed by atoms with van der Waals surface area (Å²) in [5, 5.41) is 14.9. The molecule has 0 fully saturated rings. The van der Waals surface area contributed by atoms with Crippen LogP contribution in [0.2, 0.25) is 0 Å². The number of rotatable bonds is 7. The van der Waals surface area contributed by atoms with E-state index < -0.39 is 17.8 Å². The van der Waals surface area contributed by atoms with Gasteiger partial charge in [-0.05, 0) is 46.6 Å². The van der Waals surface area contributed by atoms with Crippen LogP contribution in [-0.4, -0.2) is 41.9 Å². The molecule has 0 aromatic rings. The van der Waals surface area contributed by atoms with Gasteiger partial charge in [-0.2, -0.15) is 0 Å². The highest BCUT2D eigenvalue weighted by molar-refractivity contribution is 5.87. The average Bonchev–Trinajstić information content (AvgIpc) is 2.26. The Bertz CT molecular complexity index is 335. The van der Waals surface area contributed by atoms with Crippen molar-refractivity contribution in [2.75, 3.05) is 13.1 Å². The van der Waals surface area contributed by atoms with Gasteiger partial charge in [-0.1, -0.05) is 6.08 Å². The first-order chi connectivity index (χ1) is 9.24. The Hall–Kier alpha value is -1.56. The Labute approximate surface area is 120 Å². The molecule has 0 aliphatic rings. The maximum Gasteiger partial charge on any atom is 0.407 e. The van der Waals surface area contributed by atoms with E-state index >= 15 is 0 Å². The van der Waals surface area contributed by atoms with Gasteiger partial charge in [0.1, 0.15) is 5.60 Å². The molecule has 0 heterocycles. The molecule has 0 rings (SSSR count). The van der Waals surface area contributed by atoms with Crippen LogP contribution in [-0.2, 0) is 9.53 Å². The molecule has 116 valence electrons. The van der Waals surface area contributed by atoms with E-state index in [1.54, 1.807) is 33.8 Å². The Morgan fingerprint density at radius 3 is 2.25 bits per heavy atom. The number of aliphatic hydroxyl groups is 1. The molecule has 1 unspecified atom stereocenters. The van der Waals surface area contributed by atoms with E-state index in [-0.39, 0.29) is 5.91 Å². The third kappa shape index (κ3) is 11.5. The van der Waals surface area contributed by atoms with E-state index in [4.69, 9.17) is 4.74 Å². The van der Waals surface area contributed by atoms with Crippen molar-refractivity contribution in [3.05, 3.63) is 12.2 Å². The molecular weight excluding hydrogens is 260 g/mol. The third-order valence-corrected chi connectivity index (χ3v) is 2.24. The Morgan fingerprint density at radius 1 is 1.20 bits per heavy atom. The molecule has 0 aliphatic carbocycles. The van der Waals surface area contributed by atoms with Crippen molar-refractivity contribution in [1.29, 1.82) is 0 Å². The van der Waals surface area contributed by atoms with Crippen LogP contribution < -0.4 is 10.6 Å². The smallest absolute Gasteiger partial charge is 0.407 e. The lowest BCUT2D eigenvalue weighted by Crippen LogP contribution is -2.34. The summed E-state index contributed by atoms with van der Waals surface area (Å²) in [5.41, 5.74) is -0.528. The van der Waals surface area contributed by atoms with Crippen LogP contribution in [0.4, 0.5) is 4.79 Å². The summed E-state index contributed by atoms with van der Waals surface area (Å²) in [7, 11) is 0. The molecule has 0 aliphatic heterocycles. The lowest BCUT2D eigenvalue weighted by Gasteiger charge is -2.20. The zero-order chi connectivity index (χ0) is 15.6. The lowest BCUT2D eigenvalue weighted by atomic mass is 10.2. The molecule has 1 atom stereocenters. The Balaban J connectivity index is 3.66. The van der Waals surface area contributed by atoms with Gasteiger partial charge >= 0.3 is 6.09 Å². The fourth-order valence-electron chi connectivity index (χ4n) is 1.37. The summed E-state index contributed by atoms with van der Waals surface area (Å²) < 4.78 is 5.06. The van der Waals surface area contributed by atoms with Crippen LogP contribution in [0.15, 0.2) is 12.2 Å². The number of alkyl carbamates (subject to hydrolysis) is 1. The second-order valence-corrected chi connectivity index (χ2v) is 5.45. The van der Waals surface area contributed by atoms with Gasteiger partial charge in [0.15, 0.2) is 0 Å². The van der Waals surface area contributed by atoms with E-state index in [9.17, 15) is 14.7 Å². The van der Waals surface area contributed by atoms with Crippen molar-refractivity contribution < 1.29 is 19.4 Å². The first kappa shape index (κ1) is 18.4. The molecule has 0 saturated heterocycles. The maximum absolute atomic E-state index is 11.3. The maximum atomic E-state index is 11.3. The summed E-state index contributed by atoms with van der Waals surface area (Å²) in [4.78, 5) is 22.4. The number of amides is 2. The van der Waals surface area contributed by atoms with Crippen molar-refractivity contribution in [2.24, 2.45) is 0 Å². The largest absolute Gasteiger partial charge is 0.444 e. The summed E-state index contributed by atoms with van der Waals surface area (Å²) in [5.74, 6) is -0.174. The highest BCUT2D eigenvalue weighted by atomic mass is 16.6. The average molecular weight is 286 g/mol. The van der Waals surface area contributed by atoms with Crippen molar-refractivity contribution in [3.8, 4) is 0 Å². The predicted molar refractivity (Wildman–Crippen MR) is 77.3 cm³/mol. The van der Waals surface area contributed by atoms with Crippen LogP contribution in [0.5, 0.6) is 0 Å². The first-order valence-corrected chi connectivity index (χ1v) is 6.80. The number of ether oxygens (including phenoxy) is 1. The highest BCUT2D eigenvalue weighted by Crippen LogP contribution is 2.06. The van der Waals surface area contributed by atoms with Crippen LogP contribution in [0.1, 0.15) is 40.5 Å². The molecule has 0 aromatic carbocycles. The minimum absolute atomic E-state index is 0.174.